The van der Waals surface area contributed by atoms with E-state index in [0.717, 1.165) is 4.31 Å². The zero-order valence-electron chi connectivity index (χ0n) is 21.4. The average molecular weight is 646 g/mol. The second kappa shape index (κ2) is 12.7. The van der Waals surface area contributed by atoms with Crippen molar-refractivity contribution in [3.63, 3.8) is 0 Å². The predicted molar refractivity (Wildman–Crippen MR) is 157 cm³/mol. The van der Waals surface area contributed by atoms with Crippen molar-refractivity contribution in [3.05, 3.63) is 87.4 Å². The molecule has 9 nitrogen and oxygen atoms in total. The Morgan fingerprint density at radius 1 is 0.825 bits per heavy atom. The third kappa shape index (κ3) is 7.34. The lowest BCUT2D eigenvalue weighted by Crippen LogP contribution is -2.46. The van der Waals surface area contributed by atoms with E-state index in [1.807, 2.05) is 7.05 Å². The Hall–Kier alpha value is -2.22. The Labute approximate surface area is 249 Å². The average Bonchev–Trinajstić information content (AvgIpc) is 2.90. The molecule has 4 rings (SSSR count). The zero-order valence-corrected chi connectivity index (χ0v) is 25.3. The number of amides is 1. The molecule has 3 aromatic rings. The number of benzene rings is 3. The van der Waals surface area contributed by atoms with Gasteiger partial charge >= 0.3 is 0 Å². The fourth-order valence-corrected chi connectivity index (χ4v) is 7.46. The van der Waals surface area contributed by atoms with Crippen molar-refractivity contribution in [2.24, 2.45) is 0 Å². The molecule has 1 heterocycles. The smallest absolute Gasteiger partial charge is 0.243 e. The molecule has 214 valence electrons. The van der Waals surface area contributed by atoms with Gasteiger partial charge in [0.15, 0.2) is 0 Å². The van der Waals surface area contributed by atoms with Crippen LogP contribution in [-0.2, 0) is 31.4 Å². The molecule has 1 aliphatic heterocycles. The first kappa shape index (κ1) is 30.7. The standard InChI is InChI=1S/C26H27Cl3N4O5S2/c1-31-12-14-32(15-13-31)39(35,36)24-10-6-22(7-11-24)30-26(34)18-33(17-19-2-3-21(28)16-25(19)29)40(37,38)23-8-4-20(27)5-9-23/h2-11,16H,12-15,17-18H2,1H3,(H,30,34). The van der Waals surface area contributed by atoms with Crippen molar-refractivity contribution >= 4 is 66.4 Å². The number of nitrogens with one attached hydrogen (secondary N) is 1. The first-order chi connectivity index (χ1) is 18.9. The van der Waals surface area contributed by atoms with E-state index < -0.39 is 32.5 Å². The van der Waals surface area contributed by atoms with Crippen LogP contribution in [0.4, 0.5) is 5.69 Å². The topological polar surface area (TPSA) is 107 Å². The summed E-state index contributed by atoms with van der Waals surface area (Å²) in [5.74, 6) is -0.628. The van der Waals surface area contributed by atoms with Gasteiger partial charge in [0.05, 0.1) is 16.3 Å². The Bertz CT molecular complexity index is 1580. The molecule has 14 heteroatoms. The summed E-state index contributed by atoms with van der Waals surface area (Å²) in [5, 5.41) is 3.64. The molecule has 1 aliphatic rings. The minimum absolute atomic E-state index is 0.0479. The van der Waals surface area contributed by atoms with Gasteiger partial charge in [-0.1, -0.05) is 40.9 Å². The monoisotopic (exact) mass is 644 g/mol. The van der Waals surface area contributed by atoms with E-state index in [9.17, 15) is 21.6 Å². The van der Waals surface area contributed by atoms with E-state index >= 15 is 0 Å². The quantitative estimate of drug-likeness (QED) is 0.370. The highest BCUT2D eigenvalue weighted by Crippen LogP contribution is 2.26. The van der Waals surface area contributed by atoms with Crippen LogP contribution in [0.1, 0.15) is 5.56 Å². The number of nitrogens with zero attached hydrogens (tertiary/aromatic N) is 3. The minimum Gasteiger partial charge on any atom is -0.325 e. The van der Waals surface area contributed by atoms with Gasteiger partial charge < -0.3 is 10.2 Å². The fraction of sp³-hybridized carbons (Fsp3) is 0.269. The van der Waals surface area contributed by atoms with Crippen LogP contribution in [0.3, 0.4) is 0 Å². The first-order valence-corrected chi connectivity index (χ1v) is 16.2. The molecular weight excluding hydrogens is 619 g/mol. The Morgan fingerprint density at radius 2 is 1.40 bits per heavy atom. The van der Waals surface area contributed by atoms with Crippen molar-refractivity contribution in [1.29, 1.82) is 0 Å². The maximum Gasteiger partial charge on any atom is 0.243 e. The van der Waals surface area contributed by atoms with Gasteiger partial charge in [0.2, 0.25) is 26.0 Å². The first-order valence-electron chi connectivity index (χ1n) is 12.1. The zero-order chi connectivity index (χ0) is 29.1. The van der Waals surface area contributed by atoms with Gasteiger partial charge in [-0.3, -0.25) is 4.79 Å². The highest BCUT2D eigenvalue weighted by Gasteiger charge is 2.29. The molecule has 0 aliphatic carbocycles. The van der Waals surface area contributed by atoms with Gasteiger partial charge in [-0.15, -0.1) is 0 Å². The van der Waals surface area contributed by atoms with Gasteiger partial charge in [-0.25, -0.2) is 16.8 Å². The van der Waals surface area contributed by atoms with E-state index in [4.69, 9.17) is 34.8 Å². The molecule has 0 atom stereocenters. The van der Waals surface area contributed by atoms with Crippen LogP contribution in [0.5, 0.6) is 0 Å². The van der Waals surface area contributed by atoms with Crippen LogP contribution in [0.25, 0.3) is 0 Å². The van der Waals surface area contributed by atoms with Gasteiger partial charge in [-0.05, 0) is 73.3 Å². The van der Waals surface area contributed by atoms with E-state index in [2.05, 4.69) is 10.2 Å². The third-order valence-electron chi connectivity index (χ3n) is 6.37. The minimum atomic E-state index is -4.14. The number of hydrogen-bond donors (Lipinski definition) is 1. The molecule has 0 aromatic heterocycles. The number of likely N-dealkylation sites (N-methyl/N-ethyl adjacent to an activating group) is 1. The number of carbonyl (C=O) groups excluding carboxylic acids is 1. The molecule has 1 N–H and O–H groups in total. The van der Waals surface area contributed by atoms with Crippen molar-refractivity contribution in [2.75, 3.05) is 45.1 Å². The summed E-state index contributed by atoms with van der Waals surface area (Å²) in [6.45, 7) is 1.34. The van der Waals surface area contributed by atoms with Crippen LogP contribution in [0.15, 0.2) is 76.5 Å². The number of halogens is 3. The molecular formula is C26H27Cl3N4O5S2. The number of carbonyl (C=O) groups is 1. The molecule has 0 radical (unpaired) electrons. The second-order valence-corrected chi connectivity index (χ2v) is 14.4. The van der Waals surface area contributed by atoms with Crippen molar-refractivity contribution in [2.45, 2.75) is 16.3 Å². The van der Waals surface area contributed by atoms with Gasteiger partial charge in [0.25, 0.3) is 0 Å². The van der Waals surface area contributed by atoms with Gasteiger partial charge in [0, 0.05) is 53.5 Å². The van der Waals surface area contributed by atoms with E-state index in [1.54, 1.807) is 12.1 Å². The molecule has 0 bridgehead atoms. The second-order valence-electron chi connectivity index (χ2n) is 9.24. The molecule has 0 unspecified atom stereocenters. The molecule has 0 spiro atoms. The van der Waals surface area contributed by atoms with Crippen LogP contribution >= 0.6 is 34.8 Å². The van der Waals surface area contributed by atoms with Crippen LogP contribution in [0, 0.1) is 0 Å². The summed E-state index contributed by atoms with van der Waals surface area (Å²) in [5.41, 5.74) is 0.769. The SMILES string of the molecule is CN1CCN(S(=O)(=O)c2ccc(NC(=O)CN(Cc3ccc(Cl)cc3Cl)S(=O)(=O)c3ccc(Cl)cc3)cc2)CC1. The summed E-state index contributed by atoms with van der Waals surface area (Å²) >= 11 is 18.2. The largest absolute Gasteiger partial charge is 0.325 e. The Morgan fingerprint density at radius 3 is 2.00 bits per heavy atom. The fourth-order valence-electron chi connectivity index (χ4n) is 4.07. The predicted octanol–water partition coefficient (Wildman–Crippen LogP) is 4.41. The van der Waals surface area contributed by atoms with E-state index in [1.165, 1.54) is 58.9 Å². The molecule has 0 saturated carbocycles. The van der Waals surface area contributed by atoms with E-state index in [0.29, 0.717) is 47.5 Å². The van der Waals surface area contributed by atoms with Gasteiger partial charge in [-0.2, -0.15) is 8.61 Å². The number of rotatable bonds is 9. The molecule has 1 fully saturated rings. The van der Waals surface area contributed by atoms with Crippen LogP contribution < -0.4 is 5.32 Å². The number of anilines is 1. The number of piperazine rings is 1. The summed E-state index contributed by atoms with van der Waals surface area (Å²) in [7, 11) is -5.87. The lowest BCUT2D eigenvalue weighted by Gasteiger charge is -2.31. The number of sulfonamides is 2. The van der Waals surface area contributed by atoms with Crippen LogP contribution in [-0.4, -0.2) is 76.0 Å². The van der Waals surface area contributed by atoms with Crippen molar-refractivity contribution < 1.29 is 21.6 Å². The Kier molecular flexibility index (Phi) is 9.79. The van der Waals surface area contributed by atoms with E-state index in [-0.39, 0.29) is 21.4 Å². The maximum atomic E-state index is 13.5. The molecule has 1 saturated heterocycles. The summed E-state index contributed by atoms with van der Waals surface area (Å²) in [6.07, 6.45) is 0. The molecule has 3 aromatic carbocycles. The van der Waals surface area contributed by atoms with Gasteiger partial charge in [0.1, 0.15) is 0 Å². The van der Waals surface area contributed by atoms with Crippen molar-refractivity contribution in [1.82, 2.24) is 13.5 Å². The summed E-state index contributed by atoms with van der Waals surface area (Å²) in [4.78, 5) is 15.1. The summed E-state index contributed by atoms with van der Waals surface area (Å²) in [6, 6.07) is 16.0. The molecule has 40 heavy (non-hydrogen) atoms. The highest BCUT2D eigenvalue weighted by molar-refractivity contribution is 7.89. The summed E-state index contributed by atoms with van der Waals surface area (Å²) < 4.78 is 55.4. The maximum absolute atomic E-state index is 13.5. The highest BCUT2D eigenvalue weighted by atomic mass is 35.5. The Balaban J connectivity index is 1.52. The number of hydrogen-bond acceptors (Lipinski definition) is 6. The van der Waals surface area contributed by atoms with Crippen LogP contribution in [0.2, 0.25) is 15.1 Å². The van der Waals surface area contributed by atoms with Crippen molar-refractivity contribution in [3.8, 4) is 0 Å². The lowest BCUT2D eigenvalue weighted by molar-refractivity contribution is -0.116. The lowest BCUT2D eigenvalue weighted by atomic mass is 10.2. The third-order valence-corrected chi connectivity index (χ3v) is 10.9. The molecule has 1 amide bonds. The normalized spacial score (nSPS) is 15.3.